The maximum absolute atomic E-state index is 13.1. The number of ether oxygens (including phenoxy) is 1. The summed E-state index contributed by atoms with van der Waals surface area (Å²) < 4.78 is 18.9. The fourth-order valence-electron chi connectivity index (χ4n) is 3.15. The molecule has 1 fully saturated rings. The fourth-order valence-corrected chi connectivity index (χ4v) is 3.15. The first-order chi connectivity index (χ1) is 11.7. The summed E-state index contributed by atoms with van der Waals surface area (Å²) in [6.45, 7) is 2.79. The van der Waals surface area contributed by atoms with Gasteiger partial charge in [0.25, 0.3) is 0 Å². The minimum Gasteiger partial charge on any atom is -0.387 e. The maximum atomic E-state index is 13.1. The lowest BCUT2D eigenvalue weighted by Crippen LogP contribution is -2.35. The van der Waals surface area contributed by atoms with Gasteiger partial charge in [0, 0.05) is 26.2 Å². The molecule has 2 atom stereocenters. The quantitative estimate of drug-likeness (QED) is 0.843. The number of aliphatic hydroxyl groups excluding tert-OH is 1. The van der Waals surface area contributed by atoms with Gasteiger partial charge in [-0.2, -0.15) is 0 Å². The van der Waals surface area contributed by atoms with Crippen molar-refractivity contribution in [1.82, 2.24) is 4.90 Å². The first-order valence-electron chi connectivity index (χ1n) is 8.52. The maximum Gasteiger partial charge on any atom is 0.123 e. The lowest BCUT2D eigenvalue weighted by atomic mass is 10.1. The van der Waals surface area contributed by atoms with E-state index in [1.807, 2.05) is 30.3 Å². The van der Waals surface area contributed by atoms with E-state index in [4.69, 9.17) is 4.74 Å². The first-order valence-corrected chi connectivity index (χ1v) is 8.52. The molecule has 0 amide bonds. The van der Waals surface area contributed by atoms with E-state index >= 15 is 0 Å². The molecule has 3 nitrogen and oxygen atoms in total. The Balaban J connectivity index is 1.67. The third-order valence-corrected chi connectivity index (χ3v) is 4.42. The number of hydrogen-bond acceptors (Lipinski definition) is 3. The summed E-state index contributed by atoms with van der Waals surface area (Å²) in [7, 11) is 0. The molecule has 1 N–H and O–H groups in total. The highest BCUT2D eigenvalue weighted by molar-refractivity contribution is 5.18. The van der Waals surface area contributed by atoms with Crippen LogP contribution in [0.15, 0.2) is 54.6 Å². The molecule has 0 spiro atoms. The Hall–Kier alpha value is -1.75. The van der Waals surface area contributed by atoms with Crippen LogP contribution >= 0.6 is 0 Å². The van der Waals surface area contributed by atoms with Crippen molar-refractivity contribution < 1.29 is 14.2 Å². The van der Waals surface area contributed by atoms with Crippen LogP contribution in [0, 0.1) is 5.82 Å². The average molecular weight is 329 g/mol. The Morgan fingerprint density at radius 1 is 1.12 bits per heavy atom. The topological polar surface area (TPSA) is 32.7 Å². The van der Waals surface area contributed by atoms with Crippen LogP contribution in [0.1, 0.15) is 30.1 Å². The van der Waals surface area contributed by atoms with Crippen molar-refractivity contribution in [2.75, 3.05) is 19.7 Å². The molecule has 0 bridgehead atoms. The molecule has 24 heavy (non-hydrogen) atoms. The molecule has 1 heterocycles. The summed E-state index contributed by atoms with van der Waals surface area (Å²) in [6.07, 6.45) is 1.82. The summed E-state index contributed by atoms with van der Waals surface area (Å²) in [4.78, 5) is 2.20. The van der Waals surface area contributed by atoms with Crippen LogP contribution in [-0.2, 0) is 11.3 Å². The Labute approximate surface area is 142 Å². The van der Waals surface area contributed by atoms with Crippen LogP contribution < -0.4 is 0 Å². The lowest BCUT2D eigenvalue weighted by molar-refractivity contribution is 0.0460. The molecule has 2 unspecified atom stereocenters. The average Bonchev–Trinajstić information content (AvgIpc) is 3.10. The van der Waals surface area contributed by atoms with Crippen LogP contribution in [0.3, 0.4) is 0 Å². The van der Waals surface area contributed by atoms with Crippen molar-refractivity contribution in [3.8, 4) is 0 Å². The van der Waals surface area contributed by atoms with Crippen LogP contribution in [0.4, 0.5) is 4.39 Å². The van der Waals surface area contributed by atoms with E-state index < -0.39 is 6.10 Å². The van der Waals surface area contributed by atoms with Gasteiger partial charge in [0.15, 0.2) is 0 Å². The largest absolute Gasteiger partial charge is 0.387 e. The second kappa shape index (κ2) is 8.38. The molecule has 1 aliphatic heterocycles. The minimum atomic E-state index is -0.548. The van der Waals surface area contributed by atoms with Crippen molar-refractivity contribution in [3.05, 3.63) is 71.5 Å². The molecule has 1 aliphatic rings. The van der Waals surface area contributed by atoms with E-state index in [0.717, 1.165) is 37.1 Å². The zero-order valence-corrected chi connectivity index (χ0v) is 13.8. The zero-order valence-electron chi connectivity index (χ0n) is 13.8. The van der Waals surface area contributed by atoms with E-state index in [0.29, 0.717) is 13.1 Å². The van der Waals surface area contributed by atoms with Crippen molar-refractivity contribution in [3.63, 3.8) is 0 Å². The third kappa shape index (κ3) is 4.87. The van der Waals surface area contributed by atoms with Gasteiger partial charge in [0.1, 0.15) is 5.82 Å². The summed E-state index contributed by atoms with van der Waals surface area (Å²) in [5, 5.41) is 10.5. The molecule has 0 saturated carbocycles. The van der Waals surface area contributed by atoms with Gasteiger partial charge in [0.2, 0.25) is 0 Å². The first kappa shape index (κ1) is 17.1. The minimum absolute atomic E-state index is 0.216. The number of rotatable bonds is 7. The third-order valence-electron chi connectivity index (χ3n) is 4.42. The molecule has 4 heteroatoms. The van der Waals surface area contributed by atoms with Crippen LogP contribution in [0.25, 0.3) is 0 Å². The summed E-state index contributed by atoms with van der Waals surface area (Å²) in [5.41, 5.74) is 1.95. The predicted molar refractivity (Wildman–Crippen MR) is 92.1 cm³/mol. The number of aliphatic hydroxyl groups is 1. The molecule has 0 aromatic heterocycles. The number of nitrogens with zero attached hydrogens (tertiary/aromatic N) is 1. The highest BCUT2D eigenvalue weighted by Crippen LogP contribution is 2.19. The smallest absolute Gasteiger partial charge is 0.123 e. The monoisotopic (exact) mass is 329 g/mol. The molecule has 1 saturated heterocycles. The van der Waals surface area contributed by atoms with Gasteiger partial charge in [-0.05, 0) is 36.1 Å². The summed E-state index contributed by atoms with van der Waals surface area (Å²) >= 11 is 0. The molecular formula is C20H24FNO2. The second-order valence-electron chi connectivity index (χ2n) is 6.38. The van der Waals surface area contributed by atoms with Crippen molar-refractivity contribution in [2.45, 2.75) is 31.6 Å². The molecule has 2 aromatic carbocycles. The molecule has 2 aromatic rings. The Kier molecular flexibility index (Phi) is 5.96. The lowest BCUT2D eigenvalue weighted by Gasteiger charge is -2.27. The van der Waals surface area contributed by atoms with Crippen molar-refractivity contribution >= 4 is 0 Å². The second-order valence-corrected chi connectivity index (χ2v) is 6.38. The van der Waals surface area contributed by atoms with E-state index in [1.165, 1.54) is 12.1 Å². The van der Waals surface area contributed by atoms with E-state index in [-0.39, 0.29) is 11.9 Å². The molecule has 128 valence electrons. The SMILES string of the molecule is OC(CN(Cc1ccc(F)cc1)CC1CCCO1)c1ccccc1. The van der Waals surface area contributed by atoms with Crippen molar-refractivity contribution in [2.24, 2.45) is 0 Å². The van der Waals surface area contributed by atoms with Crippen molar-refractivity contribution in [1.29, 1.82) is 0 Å². The number of halogens is 1. The Bertz CT molecular complexity index is 611. The van der Waals surface area contributed by atoms with Crippen LogP contribution in [0.5, 0.6) is 0 Å². The zero-order chi connectivity index (χ0) is 16.8. The van der Waals surface area contributed by atoms with Gasteiger partial charge < -0.3 is 9.84 Å². The van der Waals surface area contributed by atoms with Gasteiger partial charge in [-0.1, -0.05) is 42.5 Å². The van der Waals surface area contributed by atoms with Gasteiger partial charge >= 0.3 is 0 Å². The number of benzene rings is 2. The number of hydrogen-bond donors (Lipinski definition) is 1. The molecule has 0 aliphatic carbocycles. The summed E-state index contributed by atoms with van der Waals surface area (Å²) in [6, 6.07) is 16.2. The molecule has 0 radical (unpaired) electrons. The normalized spacial score (nSPS) is 18.9. The van der Waals surface area contributed by atoms with E-state index in [1.54, 1.807) is 12.1 Å². The Morgan fingerprint density at radius 3 is 2.54 bits per heavy atom. The van der Waals surface area contributed by atoms with E-state index in [9.17, 15) is 9.50 Å². The van der Waals surface area contributed by atoms with Gasteiger partial charge in [-0.15, -0.1) is 0 Å². The predicted octanol–water partition coefficient (Wildman–Crippen LogP) is 3.54. The van der Waals surface area contributed by atoms with Crippen LogP contribution in [0.2, 0.25) is 0 Å². The fraction of sp³-hybridized carbons (Fsp3) is 0.400. The molecular weight excluding hydrogens is 305 g/mol. The van der Waals surface area contributed by atoms with Crippen LogP contribution in [-0.4, -0.2) is 35.8 Å². The summed E-state index contributed by atoms with van der Waals surface area (Å²) in [5.74, 6) is -0.228. The highest BCUT2D eigenvalue weighted by atomic mass is 19.1. The van der Waals surface area contributed by atoms with Gasteiger partial charge in [0.05, 0.1) is 12.2 Å². The van der Waals surface area contributed by atoms with Gasteiger partial charge in [-0.3, -0.25) is 4.90 Å². The van der Waals surface area contributed by atoms with Gasteiger partial charge in [-0.25, -0.2) is 4.39 Å². The molecule has 3 rings (SSSR count). The Morgan fingerprint density at radius 2 is 1.88 bits per heavy atom. The highest BCUT2D eigenvalue weighted by Gasteiger charge is 2.21. The standard InChI is InChI=1S/C20H24FNO2/c21-18-10-8-16(9-11-18)13-22(14-19-7-4-12-24-19)15-20(23)17-5-2-1-3-6-17/h1-3,5-6,8-11,19-20,23H,4,7,12-15H2. The van der Waals surface area contributed by atoms with E-state index in [2.05, 4.69) is 4.90 Å².